The maximum atomic E-state index is 15.1. The van der Waals surface area contributed by atoms with Crippen molar-refractivity contribution in [1.82, 2.24) is 73.5 Å². The molecule has 0 spiro atoms. The first-order valence-electron chi connectivity index (χ1n) is 40.5. The highest BCUT2D eigenvalue weighted by atomic mass is 33.1. The van der Waals surface area contributed by atoms with Crippen LogP contribution in [0.25, 0.3) is 0 Å². The average Bonchev–Trinajstić information content (AvgIpc) is 1.45. The molecule has 0 bridgehead atoms. The Hall–Kier alpha value is -10.4. The zero-order valence-corrected chi connectivity index (χ0v) is 72.8. The van der Waals surface area contributed by atoms with Crippen molar-refractivity contribution in [3.8, 4) is 0 Å². The van der Waals surface area contributed by atoms with Crippen LogP contribution < -0.4 is 58.7 Å². The van der Waals surface area contributed by atoms with Crippen LogP contribution in [-0.2, 0) is 84.7 Å². The molecule has 122 heavy (non-hydrogen) atoms. The second-order valence-electron chi connectivity index (χ2n) is 30.5. The van der Waals surface area contributed by atoms with Crippen LogP contribution in [0.3, 0.4) is 0 Å². The minimum Gasteiger partial charge on any atom is -0.481 e. The monoisotopic (exact) mass is 1770 g/mol. The first-order chi connectivity index (χ1) is 57.7. The standard InChI is InChI=1S/C80H120N14O25S3/c1-11-13-18-33-117-45-94(74(108)67(47(5)12-2)90-72(107)60-20-15-17-32-93(60)10)61(46(3)4)41-62(119-50(8)95)73-88-58(43-120-73)71(106)84-54(37-52-27-29-80(9,116)30-28-52)36-48(6)68(103)91-92-79(115)118-34-35-121-122-44-59(76(111)112)87-70(105)57(40-66(101)102)86-69(104)56(39-65(99)100)85-63(96)38-51-21-23-53(24-22-51)42-82-77(113)81-31-16-14-19-49(7)83-78(114)89-55(75(109)110)25-26-64(97)98/h21-24,27-29,43,46-47,49,54-57,59-62,67,116H,6,11-20,25-26,30-42,44-45H2,1-5,7-10H3,(H,84,106)(H,85,96)(H,86,104)(H,87,105)(H,90,107)(H,91,103)(H,92,115)(H,97,98)(H,99,100)(H,101,102)(H,109,110)(H,111,112)(H2,81,82,113)(H2,83,89,114)/t47-,49+,54+,55-,56?,57-,59-,60+,61+,62+,67?,80?/m0/s1. The van der Waals surface area contributed by atoms with Crippen molar-refractivity contribution < 1.29 is 122 Å². The number of esters is 1. The van der Waals surface area contributed by atoms with E-state index in [1.54, 1.807) is 49.1 Å². The topological polar surface area (TPSA) is 574 Å². The van der Waals surface area contributed by atoms with Gasteiger partial charge in [-0.15, -0.1) is 11.3 Å². The van der Waals surface area contributed by atoms with Crippen LogP contribution in [0.4, 0.5) is 14.4 Å². The van der Waals surface area contributed by atoms with Crippen LogP contribution >= 0.6 is 32.9 Å². The molecule has 2 aliphatic rings. The molecule has 1 aromatic heterocycles. The van der Waals surface area contributed by atoms with Gasteiger partial charge in [0.1, 0.15) is 54.2 Å². The molecule has 4 rings (SSSR count). The lowest BCUT2D eigenvalue weighted by Gasteiger charge is -2.40. The SMILES string of the molecule is C=C(C[C@H](CC1=CCC(C)(O)C=C1)NC(=O)c1csc([C@@H](C[C@H](C(C)C)N(COCCCCC)C(=O)C(NC(=O)[C@H]2CCCCN2C)[C@@H](C)CC)OC(C)=O)n1)C(=O)NNC(=O)OCCSSC[C@H](NC(=O)[C@H](CC(=O)O)NC(=O)C(CC(=O)O)NC(=O)Cc1ccc(CNC(=O)NCCCC[C@@H](C)NC(=O)N[C@@H](CCC(=O)O)C(=O)O)cc1)C(=O)O. The fraction of sp³-hybridized carbons (Fsp3) is 0.613. The Balaban J connectivity index is 1.29. The van der Waals surface area contributed by atoms with Gasteiger partial charge in [-0.25, -0.2) is 34.4 Å². The third-order valence-corrected chi connectivity index (χ3v) is 23.1. The number of rotatable bonds is 55. The Morgan fingerprint density at radius 3 is 2.00 bits per heavy atom. The average molecular weight is 1770 g/mol. The van der Waals surface area contributed by atoms with Gasteiger partial charge in [0.05, 0.1) is 30.9 Å². The predicted octanol–water partition coefficient (Wildman–Crippen LogP) is 5.09. The number of hydrazine groups is 1. The lowest BCUT2D eigenvalue weighted by atomic mass is 9.90. The van der Waals surface area contributed by atoms with E-state index in [1.165, 1.54) is 24.4 Å². The number of ether oxygens (including phenoxy) is 3. The molecule has 0 saturated carbocycles. The third-order valence-electron chi connectivity index (χ3n) is 19.8. The quantitative estimate of drug-likeness (QED) is 0.0102. The molecule has 1 fully saturated rings. The number of carbonyl (C=O) groups excluding carboxylic acids is 11. The molecule has 1 aliphatic heterocycles. The number of amides is 12. The number of carbonyl (C=O) groups is 16. The molecule has 12 atom stereocenters. The highest BCUT2D eigenvalue weighted by Crippen LogP contribution is 2.33. The lowest BCUT2D eigenvalue weighted by Crippen LogP contribution is -2.59. The number of thiazole rings is 1. The molecule has 3 unspecified atom stereocenters. The van der Waals surface area contributed by atoms with Gasteiger partial charge < -0.3 is 97.6 Å². The largest absolute Gasteiger partial charge is 0.481 e. The summed E-state index contributed by atoms with van der Waals surface area (Å²) in [4.78, 5) is 214. The number of likely N-dealkylation sites (N-methyl/N-ethyl adjacent to an activating group) is 1. The molecule has 678 valence electrons. The number of carboxylic acid groups (broad SMARTS) is 5. The smallest absolute Gasteiger partial charge is 0.426 e. The molecule has 1 aliphatic carbocycles. The molecule has 2 heterocycles. The number of unbranched alkanes of at least 4 members (excludes halogenated alkanes) is 3. The van der Waals surface area contributed by atoms with Gasteiger partial charge in [-0.1, -0.05) is 137 Å². The zero-order valence-electron chi connectivity index (χ0n) is 70.4. The van der Waals surface area contributed by atoms with Crippen molar-refractivity contribution in [1.29, 1.82) is 0 Å². The van der Waals surface area contributed by atoms with Gasteiger partial charge in [-0.2, -0.15) is 0 Å². The highest BCUT2D eigenvalue weighted by molar-refractivity contribution is 8.76. The number of likely N-dealkylation sites (tertiary alicyclic amines) is 1. The number of benzene rings is 1. The number of carboxylic acids is 5. The normalized spacial score (nSPS) is 16.8. The summed E-state index contributed by atoms with van der Waals surface area (Å²) >= 11 is 1.05. The van der Waals surface area contributed by atoms with Crippen molar-refractivity contribution in [2.24, 2.45) is 11.8 Å². The number of piperidine rings is 1. The van der Waals surface area contributed by atoms with E-state index < -0.39 is 169 Å². The van der Waals surface area contributed by atoms with E-state index in [0.29, 0.717) is 55.4 Å². The lowest BCUT2D eigenvalue weighted by molar-refractivity contribution is -0.153. The highest BCUT2D eigenvalue weighted by Gasteiger charge is 2.40. The number of hydrogen-bond donors (Lipinski definition) is 17. The van der Waals surface area contributed by atoms with Crippen molar-refractivity contribution in [3.63, 3.8) is 0 Å². The maximum Gasteiger partial charge on any atom is 0.426 e. The first-order valence-corrected chi connectivity index (χ1v) is 43.8. The minimum absolute atomic E-state index is 0.00978. The predicted molar refractivity (Wildman–Crippen MR) is 450 cm³/mol. The summed E-state index contributed by atoms with van der Waals surface area (Å²) in [5, 5.41) is 82.5. The summed E-state index contributed by atoms with van der Waals surface area (Å²) in [5.41, 5.74) is 4.67. The van der Waals surface area contributed by atoms with Crippen LogP contribution in [-0.4, -0.2) is 252 Å². The van der Waals surface area contributed by atoms with Crippen LogP contribution in [0, 0.1) is 11.8 Å². The Morgan fingerprint density at radius 1 is 0.730 bits per heavy atom. The van der Waals surface area contributed by atoms with Crippen molar-refractivity contribution in [2.75, 3.05) is 51.6 Å². The summed E-state index contributed by atoms with van der Waals surface area (Å²) in [6.07, 6.45) is 7.04. The summed E-state index contributed by atoms with van der Waals surface area (Å²) in [5.74, 6) is -14.5. The summed E-state index contributed by atoms with van der Waals surface area (Å²) in [7, 11) is 3.76. The molecule has 1 saturated heterocycles. The molecule has 39 nitrogen and oxygen atoms in total. The van der Waals surface area contributed by atoms with E-state index in [1.807, 2.05) is 39.6 Å². The van der Waals surface area contributed by atoms with E-state index >= 15 is 4.79 Å². The molecular weight excluding hydrogens is 1650 g/mol. The van der Waals surface area contributed by atoms with Gasteiger partial charge in [-0.05, 0) is 115 Å². The fourth-order valence-corrected chi connectivity index (χ4v) is 15.5. The van der Waals surface area contributed by atoms with Crippen molar-refractivity contribution >= 4 is 128 Å². The molecule has 42 heteroatoms. The van der Waals surface area contributed by atoms with Crippen LogP contribution in [0.15, 0.2) is 65.6 Å². The summed E-state index contributed by atoms with van der Waals surface area (Å²) in [6.45, 7) is 19.2. The number of aliphatic hydroxyl groups is 1. The summed E-state index contributed by atoms with van der Waals surface area (Å²) < 4.78 is 17.3. The van der Waals surface area contributed by atoms with Crippen LogP contribution in [0.2, 0.25) is 0 Å². The van der Waals surface area contributed by atoms with Gasteiger partial charge >= 0.3 is 54.0 Å². The zero-order chi connectivity index (χ0) is 90.8. The second-order valence-corrected chi connectivity index (χ2v) is 34.0. The summed E-state index contributed by atoms with van der Waals surface area (Å²) in [6, 6.07) is -5.16. The molecule has 17 N–H and O–H groups in total. The number of allylic oxidation sites excluding steroid dienone is 1. The maximum absolute atomic E-state index is 15.1. The first kappa shape index (κ1) is 104. The number of urea groups is 2. The molecule has 1 aromatic carbocycles. The van der Waals surface area contributed by atoms with Crippen LogP contribution in [0.1, 0.15) is 204 Å². The Labute approximate surface area is 720 Å². The fourth-order valence-electron chi connectivity index (χ4n) is 12.7. The van der Waals surface area contributed by atoms with E-state index in [0.717, 1.165) is 71.6 Å². The van der Waals surface area contributed by atoms with E-state index in [4.69, 9.17) is 19.3 Å². The Bertz CT molecular complexity index is 3960. The van der Waals surface area contributed by atoms with Gasteiger partial charge in [0.2, 0.25) is 29.5 Å². The van der Waals surface area contributed by atoms with E-state index in [-0.39, 0.29) is 116 Å². The third kappa shape index (κ3) is 39.6. The van der Waals surface area contributed by atoms with E-state index in [2.05, 4.69) is 77.2 Å². The van der Waals surface area contributed by atoms with Gasteiger partial charge in [-0.3, -0.25) is 63.1 Å². The number of nitrogens with zero attached hydrogens (tertiary/aromatic N) is 3. The Morgan fingerprint density at radius 2 is 1.39 bits per heavy atom. The minimum atomic E-state index is -1.98. The molecule has 2 aromatic rings. The van der Waals surface area contributed by atoms with Crippen molar-refractivity contribution in [2.45, 2.75) is 250 Å². The van der Waals surface area contributed by atoms with E-state index in [9.17, 15) is 97.5 Å². The van der Waals surface area contributed by atoms with Crippen molar-refractivity contribution in [3.05, 3.63) is 87.4 Å². The van der Waals surface area contributed by atoms with Gasteiger partial charge in [0, 0.05) is 80.0 Å². The van der Waals surface area contributed by atoms with Gasteiger partial charge in [0.25, 0.3) is 11.8 Å². The molecule has 12 amide bonds. The number of aromatic nitrogens is 1. The molecule has 0 radical (unpaired) electrons. The molecular formula is C80H120N14O25S3. The number of nitrogens with one attached hydrogen (secondary N) is 11. The Kier molecular flexibility index (Phi) is 46.1. The number of hydrogen-bond acceptors (Lipinski definition) is 25. The second kappa shape index (κ2) is 54.2. The van der Waals surface area contributed by atoms with Crippen LogP contribution in [0.5, 0.6) is 0 Å². The number of aliphatic carboxylic acids is 5. The van der Waals surface area contributed by atoms with Gasteiger partial charge in [0.15, 0.2) is 6.10 Å².